The van der Waals surface area contributed by atoms with E-state index in [1.54, 1.807) is 0 Å². The zero-order chi connectivity index (χ0) is 25.1. The van der Waals surface area contributed by atoms with Crippen molar-refractivity contribution in [2.75, 3.05) is 52.9 Å². The molecule has 0 aliphatic heterocycles. The van der Waals surface area contributed by atoms with Gasteiger partial charge in [0.25, 0.3) is 0 Å². The van der Waals surface area contributed by atoms with Crippen molar-refractivity contribution in [2.45, 2.75) is 103 Å². The average Bonchev–Trinajstić information content (AvgIpc) is 2.81. The molecule has 0 spiro atoms. The molecule has 9 nitrogen and oxygen atoms in total. The second-order valence-corrected chi connectivity index (χ2v) is 8.97. The monoisotopic (exact) mass is 479 g/mol. The molecule has 6 atom stereocenters. The lowest BCUT2D eigenvalue weighted by Gasteiger charge is -2.23. The Bertz CT molecular complexity index is 409. The first-order valence-electron chi connectivity index (χ1n) is 12.6. The Balaban J connectivity index is 4.41. The van der Waals surface area contributed by atoms with Crippen molar-refractivity contribution in [3.05, 3.63) is 0 Å². The van der Waals surface area contributed by atoms with Gasteiger partial charge in [0.15, 0.2) is 0 Å². The summed E-state index contributed by atoms with van der Waals surface area (Å²) in [4.78, 5) is 0. The van der Waals surface area contributed by atoms with Gasteiger partial charge >= 0.3 is 0 Å². The minimum atomic E-state index is -0.230. The normalized spacial score (nSPS) is 18.5. The van der Waals surface area contributed by atoms with Gasteiger partial charge in [-0.1, -0.05) is 20.8 Å². The van der Waals surface area contributed by atoms with Gasteiger partial charge < -0.3 is 45.6 Å². The Labute approximate surface area is 202 Å². The molecule has 0 aromatic heterocycles. The summed E-state index contributed by atoms with van der Waals surface area (Å²) in [6.45, 7) is 15.8. The highest BCUT2D eigenvalue weighted by atomic mass is 16.6. The van der Waals surface area contributed by atoms with E-state index in [0.29, 0.717) is 52.9 Å². The summed E-state index contributed by atoms with van der Waals surface area (Å²) in [5.41, 5.74) is 17.7. The van der Waals surface area contributed by atoms with Crippen LogP contribution in [0.15, 0.2) is 0 Å². The maximum atomic E-state index is 6.03. The lowest BCUT2D eigenvalue weighted by Crippen LogP contribution is -2.34. The smallest absolute Gasteiger partial charge is 0.104 e. The topological polar surface area (TPSA) is 133 Å². The Morgan fingerprint density at radius 2 is 0.788 bits per heavy atom. The van der Waals surface area contributed by atoms with Crippen LogP contribution in [0.3, 0.4) is 0 Å². The van der Waals surface area contributed by atoms with Crippen LogP contribution in [0.4, 0.5) is 0 Å². The molecule has 0 saturated heterocycles. The number of nitrogens with two attached hydrogens (primary N) is 3. The number of hydrogen-bond donors (Lipinski definition) is 3. The average molecular weight is 480 g/mol. The molecule has 0 fully saturated rings. The van der Waals surface area contributed by atoms with Gasteiger partial charge in [0, 0.05) is 18.1 Å². The van der Waals surface area contributed by atoms with E-state index in [1.165, 1.54) is 0 Å². The van der Waals surface area contributed by atoms with Crippen molar-refractivity contribution < 1.29 is 28.4 Å². The predicted molar refractivity (Wildman–Crippen MR) is 132 cm³/mol. The van der Waals surface area contributed by atoms with E-state index < -0.39 is 0 Å². The van der Waals surface area contributed by atoms with Crippen molar-refractivity contribution in [3.63, 3.8) is 0 Å². The fraction of sp³-hybridized carbons (Fsp3) is 1.00. The van der Waals surface area contributed by atoms with E-state index in [0.717, 1.165) is 19.3 Å². The molecule has 0 saturated carbocycles. The molecule has 9 heteroatoms. The summed E-state index contributed by atoms with van der Waals surface area (Å²) in [7, 11) is 0. The van der Waals surface area contributed by atoms with Gasteiger partial charge in [0.2, 0.25) is 0 Å². The highest BCUT2D eigenvalue weighted by Gasteiger charge is 2.16. The molecule has 0 aliphatic rings. The van der Waals surface area contributed by atoms with Crippen molar-refractivity contribution in [2.24, 2.45) is 17.2 Å². The maximum Gasteiger partial charge on any atom is 0.104 e. The Morgan fingerprint density at radius 3 is 1.12 bits per heavy atom. The fourth-order valence-electron chi connectivity index (χ4n) is 2.51. The predicted octanol–water partition coefficient (Wildman–Crippen LogP) is 1.83. The van der Waals surface area contributed by atoms with Gasteiger partial charge in [-0.15, -0.1) is 0 Å². The third-order valence-electron chi connectivity index (χ3n) is 5.24. The summed E-state index contributed by atoms with van der Waals surface area (Å²) >= 11 is 0. The maximum absolute atomic E-state index is 6.03. The Morgan fingerprint density at radius 1 is 0.455 bits per heavy atom. The fourth-order valence-corrected chi connectivity index (χ4v) is 2.51. The van der Waals surface area contributed by atoms with Crippen LogP contribution in [-0.4, -0.2) is 95.4 Å². The molecular formula is C24H53N3O6. The summed E-state index contributed by atoms with van der Waals surface area (Å²) < 4.78 is 34.9. The van der Waals surface area contributed by atoms with Crippen LogP contribution in [0.2, 0.25) is 0 Å². The van der Waals surface area contributed by atoms with Gasteiger partial charge in [-0.3, -0.25) is 0 Å². The number of ether oxygens (including phenoxy) is 6. The first-order valence-corrected chi connectivity index (χ1v) is 12.6. The van der Waals surface area contributed by atoms with Crippen LogP contribution >= 0.6 is 0 Å². The molecule has 0 rings (SSSR count). The van der Waals surface area contributed by atoms with Crippen molar-refractivity contribution >= 4 is 0 Å². The Hall–Kier alpha value is -0.360. The largest absolute Gasteiger partial charge is 0.376 e. The molecular weight excluding hydrogens is 426 g/mol. The highest BCUT2D eigenvalue weighted by molar-refractivity contribution is 4.63. The van der Waals surface area contributed by atoms with Crippen molar-refractivity contribution in [1.29, 1.82) is 0 Å². The van der Waals surface area contributed by atoms with Crippen LogP contribution < -0.4 is 17.2 Å². The number of rotatable bonds is 23. The van der Waals surface area contributed by atoms with Crippen LogP contribution in [0, 0.1) is 0 Å². The molecule has 0 aromatic carbocycles. The van der Waals surface area contributed by atoms with E-state index >= 15 is 0 Å². The molecule has 0 amide bonds. The first-order chi connectivity index (χ1) is 15.7. The Kier molecular flexibility index (Phi) is 20.7. The minimum Gasteiger partial charge on any atom is -0.376 e. The molecule has 0 radical (unpaired) electrons. The highest BCUT2D eigenvalue weighted by Crippen LogP contribution is 2.04. The van der Waals surface area contributed by atoms with E-state index in [-0.39, 0.29) is 42.5 Å². The van der Waals surface area contributed by atoms with E-state index in [4.69, 9.17) is 45.6 Å². The summed E-state index contributed by atoms with van der Waals surface area (Å²) in [6, 6.07) is 0.144. The molecule has 0 heterocycles. The third kappa shape index (κ3) is 19.6. The summed E-state index contributed by atoms with van der Waals surface area (Å²) in [5, 5.41) is 0. The zero-order valence-electron chi connectivity index (χ0n) is 22.0. The van der Waals surface area contributed by atoms with Crippen molar-refractivity contribution in [1.82, 2.24) is 0 Å². The van der Waals surface area contributed by atoms with E-state index in [9.17, 15) is 0 Å². The standard InChI is InChI=1S/C24H53N3O6/c1-7-21(25)13-30-18(4)10-28-16-24(33-12-20(6)32-15-23(27)9-3)17-29-11-19(5)31-14-22(26)8-2/h18-24H,7-17,25-27H2,1-6H3. The lowest BCUT2D eigenvalue weighted by molar-refractivity contribution is -0.109. The minimum absolute atomic E-state index is 0.0412. The molecule has 0 bridgehead atoms. The number of hydrogen-bond acceptors (Lipinski definition) is 9. The van der Waals surface area contributed by atoms with Crippen LogP contribution in [0.1, 0.15) is 60.8 Å². The van der Waals surface area contributed by atoms with E-state index in [1.807, 2.05) is 41.5 Å². The van der Waals surface area contributed by atoms with E-state index in [2.05, 4.69) is 0 Å². The van der Waals surface area contributed by atoms with Gasteiger partial charge in [-0.05, 0) is 40.0 Å². The third-order valence-corrected chi connectivity index (χ3v) is 5.24. The SMILES string of the molecule is CCC(N)COC(C)COCC(COCC(C)OCC(N)CC)OCC(C)OCC(N)CC. The lowest BCUT2D eigenvalue weighted by atomic mass is 10.2. The van der Waals surface area contributed by atoms with Crippen LogP contribution in [0.5, 0.6) is 0 Å². The quantitative estimate of drug-likeness (QED) is 0.201. The first kappa shape index (κ1) is 32.6. The molecule has 200 valence electrons. The van der Waals surface area contributed by atoms with Gasteiger partial charge in [0.1, 0.15) is 6.10 Å². The second-order valence-electron chi connectivity index (χ2n) is 8.97. The second kappa shape index (κ2) is 21.0. The van der Waals surface area contributed by atoms with Crippen molar-refractivity contribution in [3.8, 4) is 0 Å². The molecule has 6 N–H and O–H groups in total. The van der Waals surface area contributed by atoms with Gasteiger partial charge in [-0.2, -0.15) is 0 Å². The van der Waals surface area contributed by atoms with Crippen LogP contribution in [0.25, 0.3) is 0 Å². The van der Waals surface area contributed by atoms with Gasteiger partial charge in [0.05, 0.1) is 71.2 Å². The molecule has 33 heavy (non-hydrogen) atoms. The summed E-state index contributed by atoms with van der Waals surface area (Å²) in [6.07, 6.45) is 2.26. The molecule has 6 unspecified atom stereocenters. The van der Waals surface area contributed by atoms with Gasteiger partial charge in [-0.25, -0.2) is 0 Å². The zero-order valence-corrected chi connectivity index (χ0v) is 22.0. The molecule has 0 aliphatic carbocycles. The van der Waals surface area contributed by atoms with Crippen LogP contribution in [-0.2, 0) is 28.4 Å². The molecule has 0 aromatic rings. The summed E-state index contributed by atoms with van der Waals surface area (Å²) in [5.74, 6) is 0.